The van der Waals surface area contributed by atoms with E-state index in [-0.39, 0.29) is 11.4 Å². The van der Waals surface area contributed by atoms with Crippen molar-refractivity contribution in [3.63, 3.8) is 0 Å². The average Bonchev–Trinajstić information content (AvgIpc) is 2.45. The highest BCUT2D eigenvalue weighted by Crippen LogP contribution is 2.45. The van der Waals surface area contributed by atoms with Crippen molar-refractivity contribution in [3.05, 3.63) is 35.6 Å². The zero-order valence-corrected chi connectivity index (χ0v) is 12.9. The lowest BCUT2D eigenvalue weighted by Gasteiger charge is -2.49. The maximum Gasteiger partial charge on any atom is 0.123 e. The molecular weight excluding hydrogens is 265 g/mol. The van der Waals surface area contributed by atoms with Crippen LogP contribution in [-0.2, 0) is 11.2 Å². The maximum atomic E-state index is 13.4. The van der Waals surface area contributed by atoms with Crippen LogP contribution in [0.15, 0.2) is 24.3 Å². The molecule has 0 radical (unpaired) electrons. The fourth-order valence-corrected chi connectivity index (χ4v) is 3.91. The van der Waals surface area contributed by atoms with Crippen LogP contribution in [0.5, 0.6) is 0 Å². The Balaban J connectivity index is 1.68. The third kappa shape index (κ3) is 3.46. The summed E-state index contributed by atoms with van der Waals surface area (Å²) in [4.78, 5) is 0. The summed E-state index contributed by atoms with van der Waals surface area (Å²) in [7, 11) is 0. The standard InChI is InChI=1S/C18H26FNO/c1-2-20-17(12-14-5-3-6-16(19)11-14)15-7-10-21-18(13-15)8-4-9-18/h3,5-6,11,15,17,20H,2,4,7-10,12-13H2,1H3. The van der Waals surface area contributed by atoms with Crippen LogP contribution >= 0.6 is 0 Å². The lowest BCUT2D eigenvalue weighted by atomic mass is 9.70. The molecule has 1 aromatic carbocycles. The molecule has 116 valence electrons. The van der Waals surface area contributed by atoms with Gasteiger partial charge in [-0.15, -0.1) is 0 Å². The van der Waals surface area contributed by atoms with Crippen molar-refractivity contribution in [3.8, 4) is 0 Å². The molecule has 1 aliphatic heterocycles. The maximum absolute atomic E-state index is 13.4. The molecule has 2 nitrogen and oxygen atoms in total. The molecule has 1 saturated carbocycles. The number of halogens is 1. The summed E-state index contributed by atoms with van der Waals surface area (Å²) in [6, 6.07) is 7.46. The van der Waals surface area contributed by atoms with Gasteiger partial charge in [0.05, 0.1) is 5.60 Å². The first-order valence-electron chi connectivity index (χ1n) is 8.32. The molecule has 2 unspecified atom stereocenters. The molecule has 1 aromatic rings. The first-order chi connectivity index (χ1) is 10.2. The highest BCUT2D eigenvalue weighted by Gasteiger charge is 2.44. The van der Waals surface area contributed by atoms with Crippen molar-refractivity contribution in [1.29, 1.82) is 0 Å². The molecule has 3 rings (SSSR count). The Hall–Kier alpha value is -0.930. The van der Waals surface area contributed by atoms with E-state index in [2.05, 4.69) is 12.2 Å². The zero-order chi connectivity index (χ0) is 14.7. The lowest BCUT2D eigenvalue weighted by Crippen LogP contribution is -2.50. The number of benzene rings is 1. The number of hydrogen-bond acceptors (Lipinski definition) is 2. The molecule has 1 saturated heterocycles. The normalized spacial score (nSPS) is 25.5. The van der Waals surface area contributed by atoms with E-state index in [9.17, 15) is 4.39 Å². The molecule has 21 heavy (non-hydrogen) atoms. The minimum absolute atomic E-state index is 0.134. The van der Waals surface area contributed by atoms with Gasteiger partial charge in [0.15, 0.2) is 0 Å². The predicted octanol–water partition coefficient (Wildman–Crippen LogP) is 3.70. The largest absolute Gasteiger partial charge is 0.375 e. The fourth-order valence-electron chi connectivity index (χ4n) is 3.91. The monoisotopic (exact) mass is 291 g/mol. The van der Waals surface area contributed by atoms with E-state index in [0.717, 1.165) is 31.6 Å². The van der Waals surface area contributed by atoms with Crippen molar-refractivity contribution in [2.75, 3.05) is 13.2 Å². The van der Waals surface area contributed by atoms with Gasteiger partial charge in [0, 0.05) is 12.6 Å². The van der Waals surface area contributed by atoms with Crippen molar-refractivity contribution >= 4 is 0 Å². The molecule has 0 amide bonds. The number of rotatable bonds is 5. The zero-order valence-electron chi connectivity index (χ0n) is 12.9. The predicted molar refractivity (Wildman–Crippen MR) is 82.8 cm³/mol. The highest BCUT2D eigenvalue weighted by molar-refractivity contribution is 5.18. The Labute approximate surface area is 127 Å². The minimum atomic E-state index is -0.134. The second-order valence-corrected chi connectivity index (χ2v) is 6.64. The third-order valence-electron chi connectivity index (χ3n) is 5.18. The van der Waals surface area contributed by atoms with E-state index in [1.165, 1.54) is 31.7 Å². The number of likely N-dealkylation sites (N-methyl/N-ethyl adjacent to an activating group) is 1. The molecular formula is C18H26FNO. The van der Waals surface area contributed by atoms with E-state index in [1.54, 1.807) is 6.07 Å². The van der Waals surface area contributed by atoms with Gasteiger partial charge in [-0.3, -0.25) is 0 Å². The first-order valence-corrected chi connectivity index (χ1v) is 8.32. The molecule has 1 N–H and O–H groups in total. The highest BCUT2D eigenvalue weighted by atomic mass is 19.1. The second-order valence-electron chi connectivity index (χ2n) is 6.64. The van der Waals surface area contributed by atoms with E-state index in [1.807, 2.05) is 12.1 Å². The summed E-state index contributed by atoms with van der Waals surface area (Å²) in [5.74, 6) is 0.507. The van der Waals surface area contributed by atoms with Crippen LogP contribution in [0.1, 0.15) is 44.6 Å². The molecule has 2 fully saturated rings. The summed E-state index contributed by atoms with van der Waals surface area (Å²) >= 11 is 0. The van der Waals surface area contributed by atoms with Gasteiger partial charge in [0.2, 0.25) is 0 Å². The van der Waals surface area contributed by atoms with Crippen molar-refractivity contribution in [2.24, 2.45) is 5.92 Å². The van der Waals surface area contributed by atoms with Gasteiger partial charge < -0.3 is 10.1 Å². The Bertz CT molecular complexity index is 472. The molecule has 1 spiro atoms. The van der Waals surface area contributed by atoms with Crippen LogP contribution in [0.25, 0.3) is 0 Å². The molecule has 3 heteroatoms. The molecule has 2 atom stereocenters. The van der Waals surface area contributed by atoms with Crippen molar-refractivity contribution in [1.82, 2.24) is 5.32 Å². The van der Waals surface area contributed by atoms with Crippen LogP contribution in [-0.4, -0.2) is 24.8 Å². The van der Waals surface area contributed by atoms with Crippen molar-refractivity contribution in [2.45, 2.75) is 57.1 Å². The van der Waals surface area contributed by atoms with Crippen LogP contribution in [0.3, 0.4) is 0 Å². The van der Waals surface area contributed by atoms with Crippen LogP contribution in [0, 0.1) is 11.7 Å². The van der Waals surface area contributed by atoms with Crippen LogP contribution < -0.4 is 5.32 Å². The fraction of sp³-hybridized carbons (Fsp3) is 0.667. The van der Waals surface area contributed by atoms with Crippen LogP contribution in [0.2, 0.25) is 0 Å². The summed E-state index contributed by atoms with van der Waals surface area (Å²) in [5, 5.41) is 3.63. The topological polar surface area (TPSA) is 21.3 Å². The van der Waals surface area contributed by atoms with Crippen LogP contribution in [0.4, 0.5) is 4.39 Å². The third-order valence-corrected chi connectivity index (χ3v) is 5.18. The first kappa shape index (κ1) is 15.0. The SMILES string of the molecule is CCNC(Cc1cccc(F)c1)C1CCOC2(CCC2)C1. The summed E-state index contributed by atoms with van der Waals surface area (Å²) in [6.07, 6.45) is 6.95. The van der Waals surface area contributed by atoms with E-state index in [4.69, 9.17) is 4.74 Å². The van der Waals surface area contributed by atoms with Gasteiger partial charge in [-0.25, -0.2) is 4.39 Å². The van der Waals surface area contributed by atoms with Gasteiger partial charge in [-0.05, 0) is 68.7 Å². The Kier molecular flexibility index (Phi) is 4.60. The average molecular weight is 291 g/mol. The second kappa shape index (κ2) is 6.45. The van der Waals surface area contributed by atoms with Gasteiger partial charge in [0.25, 0.3) is 0 Å². The number of ether oxygens (including phenoxy) is 1. The van der Waals surface area contributed by atoms with Gasteiger partial charge in [-0.1, -0.05) is 19.1 Å². The van der Waals surface area contributed by atoms with Gasteiger partial charge >= 0.3 is 0 Å². The van der Waals surface area contributed by atoms with E-state index in [0.29, 0.717) is 12.0 Å². The lowest BCUT2D eigenvalue weighted by molar-refractivity contribution is -0.147. The Morgan fingerprint density at radius 3 is 2.95 bits per heavy atom. The van der Waals surface area contributed by atoms with E-state index < -0.39 is 0 Å². The molecule has 1 aliphatic carbocycles. The summed E-state index contributed by atoms with van der Waals surface area (Å²) < 4.78 is 19.4. The quantitative estimate of drug-likeness (QED) is 0.893. The molecule has 0 aromatic heterocycles. The van der Waals surface area contributed by atoms with Gasteiger partial charge in [0.1, 0.15) is 5.82 Å². The smallest absolute Gasteiger partial charge is 0.123 e. The minimum Gasteiger partial charge on any atom is -0.375 e. The molecule has 0 bridgehead atoms. The van der Waals surface area contributed by atoms with Gasteiger partial charge in [-0.2, -0.15) is 0 Å². The Morgan fingerprint density at radius 1 is 1.43 bits per heavy atom. The molecule has 1 heterocycles. The Morgan fingerprint density at radius 2 is 2.29 bits per heavy atom. The van der Waals surface area contributed by atoms with E-state index >= 15 is 0 Å². The molecule has 2 aliphatic rings. The number of hydrogen-bond donors (Lipinski definition) is 1. The summed E-state index contributed by atoms with van der Waals surface area (Å²) in [6.45, 7) is 4.00. The number of nitrogens with one attached hydrogen (secondary N) is 1. The van der Waals surface area contributed by atoms with Crippen molar-refractivity contribution < 1.29 is 9.13 Å². The summed E-state index contributed by atoms with van der Waals surface area (Å²) in [5.41, 5.74) is 1.27.